The summed E-state index contributed by atoms with van der Waals surface area (Å²) >= 11 is 0. The van der Waals surface area contributed by atoms with Gasteiger partial charge in [0, 0.05) is 90.8 Å². The fourth-order valence-corrected chi connectivity index (χ4v) is 7.33. The number of fused-ring (bicyclic) bond motifs is 4. The first-order chi connectivity index (χ1) is 24.2. The van der Waals surface area contributed by atoms with E-state index >= 15 is 0 Å². The van der Waals surface area contributed by atoms with Gasteiger partial charge in [-0.15, -0.1) is 0 Å². The SMILES string of the molecule is O=C(CN1CCOCC1)N1CCN(C2=C(C(F)(F)F)C=C(n3c(=O)ccc4cnc5ccc(-c6cnc7ccccc7c6)cc5c43)CC2)CC1. The number of pyridine rings is 3. The summed E-state index contributed by atoms with van der Waals surface area (Å²) < 4.78 is 51.2. The van der Waals surface area contributed by atoms with E-state index < -0.39 is 17.3 Å². The van der Waals surface area contributed by atoms with Gasteiger partial charge in [-0.2, -0.15) is 13.2 Å². The van der Waals surface area contributed by atoms with E-state index in [9.17, 15) is 22.8 Å². The number of morpholine rings is 1. The Kier molecular flexibility index (Phi) is 8.36. The molecule has 0 spiro atoms. The number of aromatic nitrogens is 3. The normalized spacial score (nSPS) is 17.9. The lowest BCUT2D eigenvalue weighted by atomic mass is 9.97. The minimum absolute atomic E-state index is 0.0144. The van der Waals surface area contributed by atoms with Gasteiger partial charge in [0.2, 0.25) is 5.91 Å². The predicted octanol–water partition coefficient (Wildman–Crippen LogP) is 5.69. The topological polar surface area (TPSA) is 83.8 Å². The minimum atomic E-state index is -4.64. The lowest BCUT2D eigenvalue weighted by Gasteiger charge is -2.40. The van der Waals surface area contributed by atoms with Crippen LogP contribution >= 0.6 is 0 Å². The van der Waals surface area contributed by atoms with Crippen LogP contribution < -0.4 is 5.56 Å². The molecule has 2 aromatic carbocycles. The van der Waals surface area contributed by atoms with Gasteiger partial charge in [-0.05, 0) is 54.8 Å². The third-order valence-electron chi connectivity index (χ3n) is 9.95. The second-order valence-corrected chi connectivity index (χ2v) is 13.0. The Bertz CT molecular complexity index is 2250. The zero-order chi connectivity index (χ0) is 34.4. The molecule has 0 atom stereocenters. The Morgan fingerprint density at radius 3 is 2.38 bits per heavy atom. The molecule has 5 aromatic rings. The van der Waals surface area contributed by atoms with Gasteiger partial charge >= 0.3 is 6.18 Å². The number of piperazine rings is 1. The minimum Gasteiger partial charge on any atom is -0.379 e. The van der Waals surface area contributed by atoms with Crippen molar-refractivity contribution in [1.82, 2.24) is 29.2 Å². The molecule has 0 saturated carbocycles. The van der Waals surface area contributed by atoms with Crippen molar-refractivity contribution in [2.24, 2.45) is 0 Å². The number of hydrogen-bond acceptors (Lipinski definition) is 7. The fraction of sp³-hybridized carbons (Fsp3) is 0.316. The molecule has 2 saturated heterocycles. The average molecular weight is 681 g/mol. The molecule has 50 heavy (non-hydrogen) atoms. The van der Waals surface area contributed by atoms with Gasteiger partial charge < -0.3 is 14.5 Å². The number of carbonyl (C=O) groups excluding carboxylic acids is 1. The largest absolute Gasteiger partial charge is 0.418 e. The molecule has 5 heterocycles. The Morgan fingerprint density at radius 1 is 0.800 bits per heavy atom. The van der Waals surface area contributed by atoms with E-state index in [4.69, 9.17) is 4.74 Å². The van der Waals surface area contributed by atoms with Gasteiger partial charge in [0.1, 0.15) is 0 Å². The number of carbonyl (C=O) groups is 1. The molecule has 2 aliphatic heterocycles. The summed E-state index contributed by atoms with van der Waals surface area (Å²) in [5.41, 5.74) is 3.05. The number of amides is 1. The summed E-state index contributed by atoms with van der Waals surface area (Å²) in [4.78, 5) is 41.3. The molecular weight excluding hydrogens is 645 g/mol. The van der Waals surface area contributed by atoms with Crippen LogP contribution in [0.15, 0.2) is 95.2 Å². The van der Waals surface area contributed by atoms with E-state index in [-0.39, 0.29) is 36.7 Å². The van der Waals surface area contributed by atoms with E-state index in [1.54, 1.807) is 28.3 Å². The van der Waals surface area contributed by atoms with E-state index in [2.05, 4.69) is 9.97 Å². The van der Waals surface area contributed by atoms with E-state index in [0.29, 0.717) is 74.3 Å². The summed E-state index contributed by atoms with van der Waals surface area (Å²) in [6.07, 6.45) is 0.294. The smallest absolute Gasteiger partial charge is 0.379 e. The summed E-state index contributed by atoms with van der Waals surface area (Å²) in [7, 11) is 0. The van der Waals surface area contributed by atoms with Gasteiger partial charge in [0.05, 0.1) is 41.9 Å². The van der Waals surface area contributed by atoms with E-state index in [0.717, 1.165) is 28.1 Å². The van der Waals surface area contributed by atoms with Crippen molar-refractivity contribution < 1.29 is 22.7 Å². The van der Waals surface area contributed by atoms with Crippen molar-refractivity contribution in [3.8, 4) is 11.1 Å². The van der Waals surface area contributed by atoms with Crippen LogP contribution in [0.5, 0.6) is 0 Å². The second kappa shape index (κ2) is 13.0. The zero-order valence-corrected chi connectivity index (χ0v) is 27.3. The summed E-state index contributed by atoms with van der Waals surface area (Å²) in [5, 5.41) is 2.29. The van der Waals surface area contributed by atoms with Crippen LogP contribution in [0.3, 0.4) is 0 Å². The molecule has 1 amide bonds. The molecule has 0 unspecified atom stereocenters. The quantitative estimate of drug-likeness (QED) is 0.221. The zero-order valence-electron chi connectivity index (χ0n) is 27.3. The molecule has 9 nitrogen and oxygen atoms in total. The fourth-order valence-electron chi connectivity index (χ4n) is 7.33. The van der Waals surface area contributed by atoms with Crippen LogP contribution in [0, 0.1) is 0 Å². The Morgan fingerprint density at radius 2 is 1.58 bits per heavy atom. The van der Waals surface area contributed by atoms with Crippen LogP contribution in [-0.4, -0.2) is 100 Å². The standard InChI is InChI=1S/C38H35F3N6O3/c39-38(40,41)31-21-29(7-9-34(31)45-11-13-46(14-12-45)36(49)24-44-15-17-50-18-16-44)47-35(48)10-6-27-22-43-33-8-5-25(20-30(33)37(27)47)28-19-26-3-1-2-4-32(26)42-23-28/h1-6,8,10,19-23H,7,9,11-18,24H2. The van der Waals surface area contributed by atoms with Gasteiger partial charge in [0.25, 0.3) is 5.56 Å². The molecule has 2 fully saturated rings. The van der Waals surface area contributed by atoms with E-state index in [1.807, 2.05) is 53.4 Å². The molecule has 1 aliphatic carbocycles. The maximum Gasteiger partial charge on any atom is 0.418 e. The number of nitrogens with zero attached hydrogens (tertiary/aromatic N) is 6. The summed E-state index contributed by atoms with van der Waals surface area (Å²) in [6, 6.07) is 18.6. The van der Waals surface area contributed by atoms with Gasteiger partial charge in [-0.25, -0.2) is 0 Å². The number of para-hydroxylation sites is 1. The van der Waals surface area contributed by atoms with Crippen LogP contribution in [0.1, 0.15) is 12.8 Å². The highest BCUT2D eigenvalue weighted by Crippen LogP contribution is 2.40. The van der Waals surface area contributed by atoms with Crippen molar-refractivity contribution in [2.45, 2.75) is 19.0 Å². The molecule has 3 aliphatic rings. The highest BCUT2D eigenvalue weighted by molar-refractivity contribution is 6.06. The van der Waals surface area contributed by atoms with Crippen molar-refractivity contribution >= 4 is 44.3 Å². The number of benzene rings is 2. The van der Waals surface area contributed by atoms with Crippen molar-refractivity contribution in [2.75, 3.05) is 59.0 Å². The Labute approximate surface area is 285 Å². The molecule has 0 radical (unpaired) electrons. The maximum atomic E-state index is 14.8. The lowest BCUT2D eigenvalue weighted by Crippen LogP contribution is -2.52. The van der Waals surface area contributed by atoms with Crippen molar-refractivity contribution in [3.63, 3.8) is 0 Å². The molecule has 12 heteroatoms. The second-order valence-electron chi connectivity index (χ2n) is 13.0. The third kappa shape index (κ3) is 6.13. The highest BCUT2D eigenvalue weighted by atomic mass is 19.4. The predicted molar refractivity (Wildman–Crippen MR) is 186 cm³/mol. The monoisotopic (exact) mass is 680 g/mol. The number of halogens is 3. The Balaban J connectivity index is 1.15. The lowest BCUT2D eigenvalue weighted by molar-refractivity contribution is -0.135. The van der Waals surface area contributed by atoms with Gasteiger partial charge in [0.15, 0.2) is 0 Å². The highest BCUT2D eigenvalue weighted by Gasteiger charge is 2.39. The van der Waals surface area contributed by atoms with Gasteiger partial charge in [-0.1, -0.05) is 24.3 Å². The first-order valence-corrected chi connectivity index (χ1v) is 16.9. The first-order valence-electron chi connectivity index (χ1n) is 16.9. The van der Waals surface area contributed by atoms with Gasteiger partial charge in [-0.3, -0.25) is 29.0 Å². The number of ether oxygens (including phenoxy) is 1. The van der Waals surface area contributed by atoms with Crippen LogP contribution in [0.2, 0.25) is 0 Å². The number of allylic oxidation sites excluding steroid dienone is 4. The number of alkyl halides is 3. The summed E-state index contributed by atoms with van der Waals surface area (Å²) in [6.45, 7) is 4.18. The number of rotatable bonds is 5. The first kappa shape index (κ1) is 32.2. The van der Waals surface area contributed by atoms with E-state index in [1.165, 1.54) is 10.6 Å². The van der Waals surface area contributed by atoms with Crippen LogP contribution in [0.4, 0.5) is 13.2 Å². The number of hydrogen-bond donors (Lipinski definition) is 0. The Hall–Kier alpha value is -5.07. The molecule has 0 N–H and O–H groups in total. The molecule has 256 valence electrons. The average Bonchev–Trinajstić information content (AvgIpc) is 3.14. The summed E-state index contributed by atoms with van der Waals surface area (Å²) in [5.74, 6) is -0.0144. The molecule has 8 rings (SSSR count). The molecule has 3 aromatic heterocycles. The van der Waals surface area contributed by atoms with Crippen molar-refractivity contribution in [1.29, 1.82) is 0 Å². The van der Waals surface area contributed by atoms with Crippen LogP contribution in [0.25, 0.3) is 49.5 Å². The third-order valence-corrected chi connectivity index (χ3v) is 9.95. The maximum absolute atomic E-state index is 14.8. The van der Waals surface area contributed by atoms with Crippen molar-refractivity contribution in [3.05, 3.63) is 101 Å². The molecule has 0 bridgehead atoms. The molecular formula is C38H35F3N6O3. The van der Waals surface area contributed by atoms with Crippen LogP contribution in [-0.2, 0) is 9.53 Å².